The largest absolute Gasteiger partial charge is 0.0767 e. The van der Waals surface area contributed by atoms with Gasteiger partial charge >= 0.3 is 0 Å². The van der Waals surface area contributed by atoms with Gasteiger partial charge in [0.05, 0.1) is 0 Å². The summed E-state index contributed by atoms with van der Waals surface area (Å²) in [6.45, 7) is 0. The van der Waals surface area contributed by atoms with Crippen LogP contribution in [0.4, 0.5) is 0 Å². The maximum Gasteiger partial charge on any atom is 0.0137 e. The van der Waals surface area contributed by atoms with Crippen molar-refractivity contribution in [3.63, 3.8) is 0 Å². The molecule has 0 bridgehead atoms. The molecule has 0 N–H and O–H groups in total. The summed E-state index contributed by atoms with van der Waals surface area (Å²) in [5.41, 5.74) is 18.2. The number of benzene rings is 3. The molecule has 0 nitrogen and oxygen atoms in total. The minimum Gasteiger partial charge on any atom is -0.0767 e. The van der Waals surface area contributed by atoms with E-state index < -0.39 is 0 Å². The zero-order valence-electron chi connectivity index (χ0n) is 31.0. The first-order valence-electron chi connectivity index (χ1n) is 20.5. The molecule has 8 aliphatic carbocycles. The number of allylic oxidation sites excluding steroid dienone is 19. The van der Waals surface area contributed by atoms with Crippen molar-refractivity contribution in [3.05, 3.63) is 217 Å². The molecule has 0 radical (unpaired) electrons. The Bertz CT molecular complexity index is 2720. The van der Waals surface area contributed by atoms with Crippen LogP contribution in [0, 0.1) is 23.7 Å². The van der Waals surface area contributed by atoms with Crippen molar-refractivity contribution in [2.75, 3.05) is 0 Å². The van der Waals surface area contributed by atoms with Crippen molar-refractivity contribution in [3.8, 4) is 0 Å². The van der Waals surface area contributed by atoms with Crippen molar-refractivity contribution < 1.29 is 0 Å². The first-order valence-corrected chi connectivity index (χ1v) is 20.5. The lowest BCUT2D eigenvalue weighted by Gasteiger charge is -2.36. The third-order valence-corrected chi connectivity index (χ3v) is 13.5. The van der Waals surface area contributed by atoms with E-state index >= 15 is 0 Å². The molecule has 0 saturated heterocycles. The second-order valence-corrected chi connectivity index (χ2v) is 16.4. The highest BCUT2D eigenvalue weighted by Crippen LogP contribution is 2.46. The van der Waals surface area contributed by atoms with E-state index in [0.29, 0.717) is 23.7 Å². The monoisotopic (exact) mass is 694 g/mol. The topological polar surface area (TPSA) is 0 Å². The van der Waals surface area contributed by atoms with E-state index in [4.69, 9.17) is 0 Å². The average molecular weight is 695 g/mol. The molecule has 262 valence electrons. The summed E-state index contributed by atoms with van der Waals surface area (Å²) in [6.07, 6.45) is 44.8. The molecule has 4 unspecified atom stereocenters. The van der Waals surface area contributed by atoms with Gasteiger partial charge in [0, 0.05) is 23.7 Å². The van der Waals surface area contributed by atoms with Crippen LogP contribution >= 0.6 is 0 Å². The molecule has 8 aliphatic rings. The fourth-order valence-corrected chi connectivity index (χ4v) is 10.9. The summed E-state index contributed by atoms with van der Waals surface area (Å²) < 4.78 is 0. The Balaban J connectivity index is 0.992. The lowest BCUT2D eigenvalue weighted by molar-refractivity contribution is 0.621. The van der Waals surface area contributed by atoms with Gasteiger partial charge in [0.15, 0.2) is 0 Å². The van der Waals surface area contributed by atoms with E-state index in [-0.39, 0.29) is 0 Å². The van der Waals surface area contributed by atoms with Crippen LogP contribution in [0.5, 0.6) is 0 Å². The fraction of sp³-hybridized carbons (Fsp3) is 0.222. The van der Waals surface area contributed by atoms with Gasteiger partial charge in [0.2, 0.25) is 0 Å². The molecule has 4 atom stereocenters. The Morgan fingerprint density at radius 1 is 0.481 bits per heavy atom. The van der Waals surface area contributed by atoms with Crippen LogP contribution < -0.4 is 20.9 Å². The van der Waals surface area contributed by atoms with Crippen LogP contribution in [-0.4, -0.2) is 0 Å². The molecule has 0 spiro atoms. The van der Waals surface area contributed by atoms with Gasteiger partial charge in [-0.2, -0.15) is 0 Å². The van der Waals surface area contributed by atoms with Crippen LogP contribution in [0.2, 0.25) is 0 Å². The van der Waals surface area contributed by atoms with Crippen molar-refractivity contribution in [2.24, 2.45) is 23.7 Å². The summed E-state index contributed by atoms with van der Waals surface area (Å²) in [4.78, 5) is 0. The first-order chi connectivity index (χ1) is 26.8. The summed E-state index contributed by atoms with van der Waals surface area (Å²) in [5.74, 6) is 1.64. The first kappa shape index (κ1) is 32.0. The minimum atomic E-state index is 0.323. The number of hydrogen-bond acceptors (Lipinski definition) is 0. The molecule has 0 amide bonds. The van der Waals surface area contributed by atoms with E-state index in [2.05, 4.69) is 158 Å². The van der Waals surface area contributed by atoms with Crippen LogP contribution in [-0.2, 0) is 6.42 Å². The summed E-state index contributed by atoms with van der Waals surface area (Å²) >= 11 is 0. The summed E-state index contributed by atoms with van der Waals surface area (Å²) in [5, 5.41) is 5.69. The molecule has 3 aromatic carbocycles. The van der Waals surface area contributed by atoms with Gasteiger partial charge in [-0.15, -0.1) is 0 Å². The molecular formula is C54H46. The molecule has 11 rings (SSSR count). The zero-order valence-corrected chi connectivity index (χ0v) is 31.0. The van der Waals surface area contributed by atoms with E-state index in [9.17, 15) is 0 Å². The smallest absolute Gasteiger partial charge is 0.0137 e. The third-order valence-electron chi connectivity index (χ3n) is 13.5. The number of hydrogen-bond donors (Lipinski definition) is 0. The molecule has 0 aliphatic heterocycles. The number of rotatable bonds is 4. The number of fused-ring (bicyclic) bond motifs is 5. The normalized spacial score (nSPS) is 26.0. The second kappa shape index (κ2) is 13.1. The molecule has 0 aromatic heterocycles. The molecular weight excluding hydrogens is 649 g/mol. The fourth-order valence-electron chi connectivity index (χ4n) is 10.9. The highest BCUT2D eigenvalue weighted by molar-refractivity contribution is 5.83. The quantitative estimate of drug-likeness (QED) is 0.255. The SMILES string of the molecule is C1=CC2C=CC=C(C3=CC4=C(C=C(C5=c6ccccc6=C(c6ccc7c(c6)CCC(C6=c8ccccc8=CCC6)=C7)C6C=CC=CC56)CC4)CC3)C2C=C1. The van der Waals surface area contributed by atoms with Crippen LogP contribution in [0.15, 0.2) is 179 Å². The van der Waals surface area contributed by atoms with E-state index in [1.165, 1.54) is 54.3 Å². The van der Waals surface area contributed by atoms with Gasteiger partial charge in [0.1, 0.15) is 0 Å². The van der Waals surface area contributed by atoms with E-state index in [1.54, 1.807) is 33.4 Å². The molecule has 0 fully saturated rings. The van der Waals surface area contributed by atoms with E-state index in [1.807, 2.05) is 0 Å². The highest BCUT2D eigenvalue weighted by Gasteiger charge is 2.34. The lowest BCUT2D eigenvalue weighted by atomic mass is 9.68. The van der Waals surface area contributed by atoms with Crippen LogP contribution in [0.25, 0.3) is 28.9 Å². The lowest BCUT2D eigenvalue weighted by Crippen LogP contribution is -2.40. The summed E-state index contributed by atoms with van der Waals surface area (Å²) in [7, 11) is 0. The predicted molar refractivity (Wildman–Crippen MR) is 227 cm³/mol. The highest BCUT2D eigenvalue weighted by atomic mass is 14.4. The Hall–Kier alpha value is -5.46. The molecule has 0 heterocycles. The number of aryl methyl sites for hydroxylation is 1. The molecule has 0 saturated carbocycles. The van der Waals surface area contributed by atoms with Gasteiger partial charge in [-0.1, -0.05) is 158 Å². The van der Waals surface area contributed by atoms with Crippen LogP contribution in [0.1, 0.15) is 61.6 Å². The third kappa shape index (κ3) is 5.33. The van der Waals surface area contributed by atoms with Gasteiger partial charge in [-0.25, -0.2) is 0 Å². The Morgan fingerprint density at radius 2 is 1.15 bits per heavy atom. The van der Waals surface area contributed by atoms with Crippen molar-refractivity contribution >= 4 is 28.9 Å². The van der Waals surface area contributed by atoms with Crippen LogP contribution in [0.3, 0.4) is 0 Å². The molecule has 0 heteroatoms. The Labute approximate surface area is 319 Å². The zero-order chi connectivity index (χ0) is 35.6. The average Bonchev–Trinajstić information content (AvgIpc) is 3.24. The maximum atomic E-state index is 2.61. The molecule has 54 heavy (non-hydrogen) atoms. The maximum absolute atomic E-state index is 2.61. The minimum absolute atomic E-state index is 0.323. The van der Waals surface area contributed by atoms with Gasteiger partial charge in [-0.3, -0.25) is 0 Å². The summed E-state index contributed by atoms with van der Waals surface area (Å²) in [6, 6.07) is 25.7. The molecule has 3 aromatic rings. The van der Waals surface area contributed by atoms with Crippen molar-refractivity contribution in [2.45, 2.75) is 51.4 Å². The van der Waals surface area contributed by atoms with Gasteiger partial charge < -0.3 is 0 Å². The Morgan fingerprint density at radius 3 is 2.00 bits per heavy atom. The standard InChI is InChI=1S/C54H46/c1-3-15-45-35(11-1)13-9-21-47(45)41-27-23-39-33-43(29-25-37(39)31-41)53-49-17-5-7-19-51(49)54(52-20-8-6-18-50(52)53)44-30-26-38-32-42(28-24-40(38)34-44)48-22-10-14-36-12-2-4-16-46(36)48/h1-9,11-21,26,30-35,45,49,51H,10,22-25,27-29H2. The Kier molecular flexibility index (Phi) is 7.79. The predicted octanol–water partition coefficient (Wildman–Crippen LogP) is 9.75. The van der Waals surface area contributed by atoms with Gasteiger partial charge in [0.25, 0.3) is 0 Å². The van der Waals surface area contributed by atoms with Gasteiger partial charge in [-0.05, 0) is 139 Å². The van der Waals surface area contributed by atoms with E-state index in [0.717, 1.165) is 51.4 Å². The second-order valence-electron chi connectivity index (χ2n) is 16.4. The van der Waals surface area contributed by atoms with Crippen molar-refractivity contribution in [1.82, 2.24) is 0 Å². The van der Waals surface area contributed by atoms with Crippen molar-refractivity contribution in [1.29, 1.82) is 0 Å².